The van der Waals surface area contributed by atoms with Crippen molar-refractivity contribution >= 4 is 17.1 Å². The van der Waals surface area contributed by atoms with Crippen LogP contribution in [0.15, 0.2) is 24.8 Å². The van der Waals surface area contributed by atoms with Gasteiger partial charge in [-0.1, -0.05) is 18.7 Å². The third kappa shape index (κ3) is 1.65. The molecule has 2 aliphatic rings. The van der Waals surface area contributed by atoms with Crippen molar-refractivity contribution in [3.63, 3.8) is 0 Å². The van der Waals surface area contributed by atoms with Crippen LogP contribution < -0.4 is 4.74 Å². The summed E-state index contributed by atoms with van der Waals surface area (Å²) in [7, 11) is 1.54. The normalized spacial score (nSPS) is 25.8. The molecule has 2 aliphatic carbocycles. The minimum Gasteiger partial charge on any atom is -0.496 e. The van der Waals surface area contributed by atoms with E-state index in [0.717, 1.165) is 24.0 Å². The summed E-state index contributed by atoms with van der Waals surface area (Å²) >= 11 is 0. The highest BCUT2D eigenvalue weighted by molar-refractivity contribution is 6.17. The van der Waals surface area contributed by atoms with Gasteiger partial charge in [0.05, 0.1) is 18.6 Å². The number of carbonyl (C=O) groups is 2. The number of ketones is 2. The molecule has 0 amide bonds. The molecule has 3 rings (SSSR count). The van der Waals surface area contributed by atoms with E-state index in [0.29, 0.717) is 17.7 Å². The Labute approximate surface area is 112 Å². The van der Waals surface area contributed by atoms with Crippen molar-refractivity contribution in [1.29, 1.82) is 0 Å². The first-order valence-corrected chi connectivity index (χ1v) is 6.58. The van der Waals surface area contributed by atoms with Gasteiger partial charge in [0.1, 0.15) is 11.5 Å². The van der Waals surface area contributed by atoms with E-state index in [2.05, 4.69) is 6.58 Å². The first kappa shape index (κ1) is 12.2. The summed E-state index contributed by atoms with van der Waals surface area (Å²) in [5, 5.41) is 0. The molecule has 0 aromatic heterocycles. The van der Waals surface area contributed by atoms with Crippen molar-refractivity contribution < 1.29 is 14.3 Å². The second-order valence-corrected chi connectivity index (χ2v) is 5.22. The number of fused-ring (bicyclic) bond motifs is 2. The van der Waals surface area contributed by atoms with Crippen molar-refractivity contribution in [3.05, 3.63) is 35.9 Å². The molecule has 1 fully saturated rings. The SMILES string of the molecule is C=C1c2cccc(OC)c2C(=O)C2C(=O)CCCC12. The zero-order valence-electron chi connectivity index (χ0n) is 10.9. The number of rotatable bonds is 1. The third-order valence-electron chi connectivity index (χ3n) is 4.26. The van der Waals surface area contributed by atoms with Crippen LogP contribution in [0.1, 0.15) is 35.2 Å². The van der Waals surface area contributed by atoms with E-state index in [-0.39, 0.29) is 17.5 Å². The molecule has 0 radical (unpaired) electrons. The van der Waals surface area contributed by atoms with Gasteiger partial charge >= 0.3 is 0 Å². The van der Waals surface area contributed by atoms with Gasteiger partial charge in [0.15, 0.2) is 5.78 Å². The lowest BCUT2D eigenvalue weighted by Gasteiger charge is -2.36. The van der Waals surface area contributed by atoms with Gasteiger partial charge in [-0.05, 0) is 30.0 Å². The van der Waals surface area contributed by atoms with Gasteiger partial charge in [0.25, 0.3) is 0 Å². The van der Waals surface area contributed by atoms with Crippen LogP contribution in [-0.4, -0.2) is 18.7 Å². The predicted octanol–water partition coefficient (Wildman–Crippen LogP) is 2.89. The van der Waals surface area contributed by atoms with Crippen LogP contribution in [0, 0.1) is 11.8 Å². The van der Waals surface area contributed by atoms with Gasteiger partial charge in [-0.25, -0.2) is 0 Å². The number of methoxy groups -OCH3 is 1. The molecule has 98 valence electrons. The van der Waals surface area contributed by atoms with Crippen molar-refractivity contribution in [1.82, 2.24) is 0 Å². The fraction of sp³-hybridized carbons (Fsp3) is 0.375. The molecule has 1 saturated carbocycles. The molecule has 0 bridgehead atoms. The number of hydrogen-bond acceptors (Lipinski definition) is 3. The maximum Gasteiger partial charge on any atom is 0.178 e. The molecule has 0 aliphatic heterocycles. The largest absolute Gasteiger partial charge is 0.496 e. The Morgan fingerprint density at radius 2 is 2.11 bits per heavy atom. The van der Waals surface area contributed by atoms with Gasteiger partial charge in [-0.15, -0.1) is 0 Å². The maximum atomic E-state index is 12.6. The van der Waals surface area contributed by atoms with Gasteiger partial charge in [0.2, 0.25) is 0 Å². The number of hydrogen-bond donors (Lipinski definition) is 0. The van der Waals surface area contributed by atoms with Crippen molar-refractivity contribution in [2.75, 3.05) is 7.11 Å². The number of benzene rings is 1. The average Bonchev–Trinajstić information content (AvgIpc) is 2.43. The second-order valence-electron chi connectivity index (χ2n) is 5.22. The lowest BCUT2D eigenvalue weighted by atomic mass is 9.65. The summed E-state index contributed by atoms with van der Waals surface area (Å²) in [6.45, 7) is 4.12. The van der Waals surface area contributed by atoms with Gasteiger partial charge in [0, 0.05) is 12.3 Å². The molecule has 0 spiro atoms. The topological polar surface area (TPSA) is 43.4 Å². The summed E-state index contributed by atoms with van der Waals surface area (Å²) < 4.78 is 5.27. The van der Waals surface area contributed by atoms with Crippen LogP contribution >= 0.6 is 0 Å². The minimum atomic E-state index is -0.537. The lowest BCUT2D eigenvalue weighted by molar-refractivity contribution is -0.124. The molecular formula is C16H16O3. The Morgan fingerprint density at radius 1 is 1.32 bits per heavy atom. The first-order valence-electron chi connectivity index (χ1n) is 6.58. The summed E-state index contributed by atoms with van der Waals surface area (Å²) in [4.78, 5) is 24.7. The van der Waals surface area contributed by atoms with Crippen molar-refractivity contribution in [2.45, 2.75) is 19.3 Å². The van der Waals surface area contributed by atoms with Gasteiger partial charge < -0.3 is 4.74 Å². The Bertz CT molecular complexity index is 586. The van der Waals surface area contributed by atoms with Gasteiger partial charge in [-0.2, -0.15) is 0 Å². The zero-order chi connectivity index (χ0) is 13.6. The zero-order valence-corrected chi connectivity index (χ0v) is 10.9. The predicted molar refractivity (Wildman–Crippen MR) is 72.2 cm³/mol. The van der Waals surface area contributed by atoms with Crippen molar-refractivity contribution in [3.8, 4) is 5.75 Å². The molecule has 0 heterocycles. The fourth-order valence-electron chi connectivity index (χ4n) is 3.33. The molecule has 0 saturated heterocycles. The van der Waals surface area contributed by atoms with Crippen LogP contribution in [0.5, 0.6) is 5.75 Å². The smallest absolute Gasteiger partial charge is 0.178 e. The van der Waals surface area contributed by atoms with Crippen LogP contribution in [0.2, 0.25) is 0 Å². The van der Waals surface area contributed by atoms with E-state index in [9.17, 15) is 9.59 Å². The highest BCUT2D eigenvalue weighted by atomic mass is 16.5. The lowest BCUT2D eigenvalue weighted by Crippen LogP contribution is -2.39. The standard InChI is InChI=1S/C16H16O3/c1-9-10-5-3-7-12(17)14(10)16(18)15-11(9)6-4-8-13(15)19-2/h4,6,8,10,14H,1,3,5,7H2,2H3. The van der Waals surface area contributed by atoms with E-state index < -0.39 is 5.92 Å². The van der Waals surface area contributed by atoms with E-state index in [1.807, 2.05) is 12.1 Å². The Kier molecular flexibility index (Phi) is 2.77. The molecular weight excluding hydrogens is 240 g/mol. The molecule has 2 unspecified atom stereocenters. The Hall–Kier alpha value is -1.90. The molecule has 1 aromatic rings. The van der Waals surface area contributed by atoms with E-state index in [1.165, 1.54) is 0 Å². The Morgan fingerprint density at radius 3 is 2.84 bits per heavy atom. The summed E-state index contributed by atoms with van der Waals surface area (Å²) in [6, 6.07) is 5.52. The number of ether oxygens (including phenoxy) is 1. The van der Waals surface area contributed by atoms with Gasteiger partial charge in [-0.3, -0.25) is 9.59 Å². The van der Waals surface area contributed by atoms with Crippen LogP contribution in [0.4, 0.5) is 0 Å². The third-order valence-corrected chi connectivity index (χ3v) is 4.26. The molecule has 2 atom stereocenters. The van der Waals surface area contributed by atoms with E-state index in [1.54, 1.807) is 13.2 Å². The van der Waals surface area contributed by atoms with Crippen LogP contribution in [-0.2, 0) is 4.79 Å². The molecule has 3 heteroatoms. The molecule has 3 nitrogen and oxygen atoms in total. The van der Waals surface area contributed by atoms with Crippen molar-refractivity contribution in [2.24, 2.45) is 11.8 Å². The van der Waals surface area contributed by atoms with Crippen LogP contribution in [0.3, 0.4) is 0 Å². The van der Waals surface area contributed by atoms with E-state index >= 15 is 0 Å². The Balaban J connectivity index is 2.20. The maximum absolute atomic E-state index is 12.6. The van der Waals surface area contributed by atoms with E-state index in [4.69, 9.17) is 4.74 Å². The van der Waals surface area contributed by atoms with Crippen LogP contribution in [0.25, 0.3) is 5.57 Å². The summed E-state index contributed by atoms with van der Waals surface area (Å²) in [5.74, 6) is -0.0487. The average molecular weight is 256 g/mol. The number of Topliss-reactive ketones (excluding diaryl/α,β-unsaturated/α-hetero) is 2. The number of allylic oxidation sites excluding steroid dienone is 1. The molecule has 19 heavy (non-hydrogen) atoms. The fourth-order valence-corrected chi connectivity index (χ4v) is 3.33. The molecule has 0 N–H and O–H groups in total. The summed E-state index contributed by atoms with van der Waals surface area (Å²) in [6.07, 6.45) is 2.23. The highest BCUT2D eigenvalue weighted by Gasteiger charge is 2.44. The summed E-state index contributed by atoms with van der Waals surface area (Å²) in [5.41, 5.74) is 2.29. The molecule has 1 aromatic carbocycles. The first-order chi connectivity index (χ1) is 9.15. The highest BCUT2D eigenvalue weighted by Crippen LogP contribution is 2.46. The minimum absolute atomic E-state index is 0.0200. The monoisotopic (exact) mass is 256 g/mol. The quantitative estimate of drug-likeness (QED) is 0.726. The number of carbonyl (C=O) groups excluding carboxylic acids is 2. The second kappa shape index (κ2) is 4.34.